The molecule has 0 radical (unpaired) electrons. The standard InChI is InChI=1S/C30H50O3/c1-19(2)20(3)8-9-21(4)25-10-11-26-24-13-17-30(32)18-23(33-22(5)31)12-16-29(30,7)27(24)14-15-28(25,26)6/h19-21,23,25,27,32H,8-18H2,1-7H3/t20-,21+,23+,25-,27+,28-,29+,30+/m0/s1. The number of ether oxygens (including phenoxy) is 1. The summed E-state index contributed by atoms with van der Waals surface area (Å²) < 4.78 is 5.56. The van der Waals surface area contributed by atoms with E-state index in [0.717, 1.165) is 49.4 Å². The number of hydrogen-bond acceptors (Lipinski definition) is 3. The van der Waals surface area contributed by atoms with Gasteiger partial charge in [0.2, 0.25) is 0 Å². The molecule has 0 aliphatic heterocycles. The highest BCUT2D eigenvalue weighted by Gasteiger charge is 2.61. The van der Waals surface area contributed by atoms with Crippen LogP contribution < -0.4 is 0 Å². The van der Waals surface area contributed by atoms with Crippen LogP contribution in [0.25, 0.3) is 0 Å². The summed E-state index contributed by atoms with van der Waals surface area (Å²) in [6, 6.07) is 0. The summed E-state index contributed by atoms with van der Waals surface area (Å²) in [6.45, 7) is 16.1. The van der Waals surface area contributed by atoms with E-state index in [1.165, 1.54) is 45.4 Å². The summed E-state index contributed by atoms with van der Waals surface area (Å²) in [7, 11) is 0. The minimum Gasteiger partial charge on any atom is -0.462 e. The number of aliphatic hydroxyl groups is 1. The van der Waals surface area contributed by atoms with Gasteiger partial charge in [-0.2, -0.15) is 0 Å². The Morgan fingerprint density at radius 2 is 1.76 bits per heavy atom. The van der Waals surface area contributed by atoms with Crippen LogP contribution in [0.3, 0.4) is 0 Å². The minimum absolute atomic E-state index is 0.0814. The van der Waals surface area contributed by atoms with Gasteiger partial charge in [0.05, 0.1) is 5.60 Å². The van der Waals surface area contributed by atoms with Crippen molar-refractivity contribution in [2.75, 3.05) is 0 Å². The maximum absolute atomic E-state index is 11.9. The van der Waals surface area contributed by atoms with Crippen molar-refractivity contribution in [1.29, 1.82) is 0 Å². The van der Waals surface area contributed by atoms with Crippen LogP contribution in [0.4, 0.5) is 0 Å². The van der Waals surface area contributed by atoms with Gasteiger partial charge in [0.25, 0.3) is 0 Å². The van der Waals surface area contributed by atoms with Gasteiger partial charge in [-0.05, 0) is 86.4 Å². The molecule has 3 saturated carbocycles. The van der Waals surface area contributed by atoms with Crippen LogP contribution in [0.5, 0.6) is 0 Å². The van der Waals surface area contributed by atoms with Crippen molar-refractivity contribution in [3.05, 3.63) is 11.1 Å². The molecule has 0 saturated heterocycles. The van der Waals surface area contributed by atoms with E-state index in [-0.39, 0.29) is 17.5 Å². The van der Waals surface area contributed by atoms with Crippen molar-refractivity contribution < 1.29 is 14.6 Å². The topological polar surface area (TPSA) is 46.5 Å². The fourth-order valence-electron chi connectivity index (χ4n) is 8.79. The zero-order valence-corrected chi connectivity index (χ0v) is 22.5. The molecule has 0 heterocycles. The number of rotatable bonds is 6. The highest BCUT2D eigenvalue weighted by Crippen LogP contribution is 2.67. The molecule has 0 bridgehead atoms. The normalized spacial score (nSPS) is 42.4. The maximum Gasteiger partial charge on any atom is 0.302 e. The molecule has 4 rings (SSSR count). The smallest absolute Gasteiger partial charge is 0.302 e. The summed E-state index contributed by atoms with van der Waals surface area (Å²) in [5.74, 6) is 3.49. The predicted octanol–water partition coefficient (Wildman–Crippen LogP) is 7.46. The molecule has 0 aromatic rings. The Hall–Kier alpha value is -0.830. The zero-order chi connectivity index (χ0) is 24.2. The number of esters is 1. The van der Waals surface area contributed by atoms with E-state index in [4.69, 9.17) is 4.74 Å². The van der Waals surface area contributed by atoms with Gasteiger partial charge in [0.1, 0.15) is 6.10 Å². The lowest BCUT2D eigenvalue weighted by atomic mass is 9.47. The van der Waals surface area contributed by atoms with Crippen LogP contribution in [-0.2, 0) is 9.53 Å². The number of carbonyl (C=O) groups is 1. The van der Waals surface area contributed by atoms with E-state index in [2.05, 4.69) is 41.5 Å². The van der Waals surface area contributed by atoms with E-state index < -0.39 is 5.60 Å². The summed E-state index contributed by atoms with van der Waals surface area (Å²) in [6.07, 6.45) is 12.1. The fourth-order valence-corrected chi connectivity index (χ4v) is 8.79. The van der Waals surface area contributed by atoms with Crippen molar-refractivity contribution in [3.8, 4) is 0 Å². The van der Waals surface area contributed by atoms with Gasteiger partial charge in [-0.1, -0.05) is 65.5 Å². The highest BCUT2D eigenvalue weighted by atomic mass is 16.5. The Morgan fingerprint density at radius 1 is 1.03 bits per heavy atom. The van der Waals surface area contributed by atoms with Gasteiger partial charge >= 0.3 is 5.97 Å². The molecule has 0 spiro atoms. The summed E-state index contributed by atoms with van der Waals surface area (Å²) in [4.78, 5) is 11.5. The van der Waals surface area contributed by atoms with E-state index in [0.29, 0.717) is 17.8 Å². The summed E-state index contributed by atoms with van der Waals surface area (Å²) >= 11 is 0. The zero-order valence-electron chi connectivity index (χ0n) is 22.5. The quantitative estimate of drug-likeness (QED) is 0.332. The lowest BCUT2D eigenvalue weighted by molar-refractivity contribution is -0.188. The summed E-state index contributed by atoms with van der Waals surface area (Å²) in [5, 5.41) is 11.9. The van der Waals surface area contributed by atoms with Crippen LogP contribution in [0.15, 0.2) is 11.1 Å². The van der Waals surface area contributed by atoms with Crippen LogP contribution in [0.1, 0.15) is 119 Å². The van der Waals surface area contributed by atoms with Crippen LogP contribution >= 0.6 is 0 Å². The average Bonchev–Trinajstić information content (AvgIpc) is 3.09. The van der Waals surface area contributed by atoms with Crippen LogP contribution in [-0.4, -0.2) is 22.8 Å². The second-order valence-electron chi connectivity index (χ2n) is 13.4. The van der Waals surface area contributed by atoms with E-state index >= 15 is 0 Å². The molecule has 4 aliphatic carbocycles. The van der Waals surface area contributed by atoms with E-state index in [1.54, 1.807) is 11.1 Å². The van der Waals surface area contributed by atoms with Crippen molar-refractivity contribution >= 4 is 5.97 Å². The minimum atomic E-state index is -0.702. The first-order valence-corrected chi connectivity index (χ1v) is 14.0. The highest BCUT2D eigenvalue weighted by molar-refractivity contribution is 5.66. The molecule has 0 amide bonds. The first-order chi connectivity index (χ1) is 15.4. The molecule has 3 fully saturated rings. The second kappa shape index (κ2) is 8.99. The monoisotopic (exact) mass is 458 g/mol. The van der Waals surface area contributed by atoms with Gasteiger partial charge in [-0.15, -0.1) is 0 Å². The molecule has 8 atom stereocenters. The Morgan fingerprint density at radius 3 is 2.42 bits per heavy atom. The Bertz CT molecular complexity index is 783. The molecule has 4 aliphatic rings. The Kier molecular flexibility index (Phi) is 6.89. The SMILES string of the molecule is CC(=O)O[C@@H]1CC[C@]2(C)[C@@H]3CC[C@]4(C)C(=C3CC[C@@]2(O)C1)CC[C@H]4[C@H](C)CC[C@H](C)C(C)C. The Labute approximate surface area is 203 Å². The molecule has 188 valence electrons. The predicted molar refractivity (Wildman–Crippen MR) is 135 cm³/mol. The molecular weight excluding hydrogens is 408 g/mol. The fraction of sp³-hybridized carbons (Fsp3) is 0.900. The number of hydrogen-bond donors (Lipinski definition) is 1. The third-order valence-corrected chi connectivity index (χ3v) is 11.4. The van der Waals surface area contributed by atoms with Crippen molar-refractivity contribution in [2.45, 2.75) is 131 Å². The summed E-state index contributed by atoms with van der Waals surface area (Å²) in [5.41, 5.74) is 3.10. The van der Waals surface area contributed by atoms with E-state index in [1.807, 2.05) is 0 Å². The van der Waals surface area contributed by atoms with Gasteiger partial charge in [0, 0.05) is 18.8 Å². The van der Waals surface area contributed by atoms with Crippen LogP contribution in [0, 0.1) is 40.4 Å². The molecule has 3 heteroatoms. The molecule has 33 heavy (non-hydrogen) atoms. The van der Waals surface area contributed by atoms with Crippen molar-refractivity contribution in [2.24, 2.45) is 40.4 Å². The lowest BCUT2D eigenvalue weighted by Crippen LogP contribution is -2.60. The first kappa shape index (κ1) is 25.3. The van der Waals surface area contributed by atoms with E-state index in [9.17, 15) is 9.90 Å². The third-order valence-electron chi connectivity index (χ3n) is 11.4. The molecule has 1 N–H and O–H groups in total. The molecule has 0 aromatic carbocycles. The third kappa shape index (κ3) is 4.23. The van der Waals surface area contributed by atoms with Gasteiger partial charge in [-0.25, -0.2) is 0 Å². The number of carbonyl (C=O) groups excluding carboxylic acids is 1. The largest absolute Gasteiger partial charge is 0.462 e. The maximum atomic E-state index is 11.9. The number of fused-ring (bicyclic) bond motifs is 4. The molecular formula is C30H50O3. The van der Waals surface area contributed by atoms with Crippen LogP contribution in [0.2, 0.25) is 0 Å². The average molecular weight is 459 g/mol. The Balaban J connectivity index is 1.53. The first-order valence-electron chi connectivity index (χ1n) is 14.0. The van der Waals surface area contributed by atoms with Crippen molar-refractivity contribution in [1.82, 2.24) is 0 Å². The van der Waals surface area contributed by atoms with Gasteiger partial charge < -0.3 is 9.84 Å². The van der Waals surface area contributed by atoms with Gasteiger partial charge in [-0.3, -0.25) is 4.79 Å². The molecule has 0 aromatic heterocycles. The molecule has 0 unspecified atom stereocenters. The lowest BCUT2D eigenvalue weighted by Gasteiger charge is -2.60. The van der Waals surface area contributed by atoms with Gasteiger partial charge in [0.15, 0.2) is 0 Å². The second-order valence-corrected chi connectivity index (χ2v) is 13.4. The molecule has 3 nitrogen and oxygen atoms in total. The number of allylic oxidation sites excluding steroid dienone is 2. The van der Waals surface area contributed by atoms with Crippen molar-refractivity contribution in [3.63, 3.8) is 0 Å².